The molecule has 1 fully saturated rings. The van der Waals surface area contributed by atoms with Crippen LogP contribution in [0.2, 0.25) is 0 Å². The molecule has 64 valence electrons. The summed E-state index contributed by atoms with van der Waals surface area (Å²) in [6.07, 6.45) is 2.24. The lowest BCUT2D eigenvalue weighted by molar-refractivity contribution is -0.123. The Hall–Kier alpha value is -0.570. The number of likely N-dealkylation sites (N-methyl/N-ethyl adjacent to an activating group) is 1. The highest BCUT2D eigenvalue weighted by Gasteiger charge is 2.39. The zero-order valence-corrected chi connectivity index (χ0v) is 7.40. The van der Waals surface area contributed by atoms with Crippen LogP contribution < -0.4 is 10.6 Å². The van der Waals surface area contributed by atoms with E-state index in [0.717, 1.165) is 12.8 Å². The minimum absolute atomic E-state index is 0.0765. The second kappa shape index (κ2) is 2.81. The molecule has 2 N–H and O–H groups in total. The Bertz CT molecular complexity index is 163. The van der Waals surface area contributed by atoms with Crippen LogP contribution in [0.15, 0.2) is 0 Å². The molecule has 0 aromatic heterocycles. The number of nitrogens with one attached hydrogen (secondary N) is 2. The molecular weight excluding hydrogens is 140 g/mol. The third kappa shape index (κ3) is 2.19. The first-order valence-electron chi connectivity index (χ1n) is 4.07. The van der Waals surface area contributed by atoms with Crippen molar-refractivity contribution < 1.29 is 4.79 Å². The van der Waals surface area contributed by atoms with Crippen LogP contribution in [-0.2, 0) is 4.79 Å². The van der Waals surface area contributed by atoms with Crippen molar-refractivity contribution in [1.29, 1.82) is 0 Å². The molecule has 1 atom stereocenters. The van der Waals surface area contributed by atoms with E-state index < -0.39 is 0 Å². The molecule has 3 nitrogen and oxygen atoms in total. The monoisotopic (exact) mass is 156 g/mol. The highest BCUT2D eigenvalue weighted by molar-refractivity contribution is 5.82. The maximum absolute atomic E-state index is 11.3. The van der Waals surface area contributed by atoms with Crippen molar-refractivity contribution in [1.82, 2.24) is 10.6 Å². The van der Waals surface area contributed by atoms with E-state index in [4.69, 9.17) is 0 Å². The van der Waals surface area contributed by atoms with Crippen LogP contribution in [0, 0.1) is 0 Å². The van der Waals surface area contributed by atoms with E-state index in [1.54, 1.807) is 7.05 Å². The second-order valence-corrected chi connectivity index (χ2v) is 3.56. The maximum Gasteiger partial charge on any atom is 0.237 e. The van der Waals surface area contributed by atoms with Gasteiger partial charge in [0.15, 0.2) is 0 Å². The van der Waals surface area contributed by atoms with E-state index in [0.29, 0.717) is 0 Å². The van der Waals surface area contributed by atoms with E-state index in [1.807, 2.05) is 6.92 Å². The fourth-order valence-electron chi connectivity index (χ4n) is 0.849. The Morgan fingerprint density at radius 2 is 2.09 bits per heavy atom. The van der Waals surface area contributed by atoms with Crippen molar-refractivity contribution in [3.05, 3.63) is 0 Å². The highest BCUT2D eigenvalue weighted by atomic mass is 16.2. The Morgan fingerprint density at radius 1 is 1.55 bits per heavy atom. The average molecular weight is 156 g/mol. The summed E-state index contributed by atoms with van der Waals surface area (Å²) in [6, 6.07) is -0.0765. The molecule has 1 rings (SSSR count). The van der Waals surface area contributed by atoms with Gasteiger partial charge in [-0.1, -0.05) is 0 Å². The first-order valence-corrected chi connectivity index (χ1v) is 4.07. The van der Waals surface area contributed by atoms with Gasteiger partial charge in [0.1, 0.15) is 0 Å². The summed E-state index contributed by atoms with van der Waals surface area (Å²) < 4.78 is 0. The summed E-state index contributed by atoms with van der Waals surface area (Å²) in [7, 11) is 1.79. The molecule has 0 aliphatic heterocycles. The highest BCUT2D eigenvalue weighted by Crippen LogP contribution is 2.34. The summed E-state index contributed by atoms with van der Waals surface area (Å²) >= 11 is 0. The molecule has 0 spiro atoms. The van der Waals surface area contributed by atoms with Crippen molar-refractivity contribution in [2.45, 2.75) is 38.3 Å². The molecule has 0 aromatic rings. The number of carbonyl (C=O) groups is 1. The first kappa shape index (κ1) is 8.53. The smallest absolute Gasteiger partial charge is 0.237 e. The molecule has 0 bridgehead atoms. The van der Waals surface area contributed by atoms with Gasteiger partial charge in [-0.25, -0.2) is 0 Å². The van der Waals surface area contributed by atoms with Crippen LogP contribution in [0.3, 0.4) is 0 Å². The molecule has 1 aliphatic carbocycles. The van der Waals surface area contributed by atoms with Gasteiger partial charge in [0, 0.05) is 5.54 Å². The van der Waals surface area contributed by atoms with Gasteiger partial charge in [0.2, 0.25) is 5.91 Å². The van der Waals surface area contributed by atoms with Gasteiger partial charge >= 0.3 is 0 Å². The second-order valence-electron chi connectivity index (χ2n) is 3.56. The van der Waals surface area contributed by atoms with Crippen LogP contribution in [-0.4, -0.2) is 24.5 Å². The predicted octanol–water partition coefficient (Wildman–Crippen LogP) is 0.263. The number of amides is 1. The fourth-order valence-corrected chi connectivity index (χ4v) is 0.849. The quantitative estimate of drug-likeness (QED) is 0.615. The van der Waals surface area contributed by atoms with E-state index in [1.165, 1.54) is 0 Å². The molecule has 11 heavy (non-hydrogen) atoms. The summed E-state index contributed by atoms with van der Waals surface area (Å²) in [6.45, 7) is 3.94. The van der Waals surface area contributed by atoms with E-state index in [9.17, 15) is 4.79 Å². The number of rotatable bonds is 3. The third-order valence-corrected chi connectivity index (χ3v) is 2.25. The minimum atomic E-state index is -0.0765. The molecule has 0 heterocycles. The van der Waals surface area contributed by atoms with Gasteiger partial charge in [0.05, 0.1) is 6.04 Å². The van der Waals surface area contributed by atoms with Gasteiger partial charge in [-0.2, -0.15) is 0 Å². The van der Waals surface area contributed by atoms with Gasteiger partial charge in [0.25, 0.3) is 0 Å². The van der Waals surface area contributed by atoms with Crippen molar-refractivity contribution in [3.63, 3.8) is 0 Å². The number of carbonyl (C=O) groups excluding carboxylic acids is 1. The molecule has 1 unspecified atom stereocenters. The standard InChI is InChI=1S/C8H16N2O/c1-6(9-3)7(11)10-8(2)4-5-8/h6,9H,4-5H2,1-3H3,(H,10,11). The van der Waals surface area contributed by atoms with E-state index in [-0.39, 0.29) is 17.5 Å². The maximum atomic E-state index is 11.3. The predicted molar refractivity (Wildman–Crippen MR) is 44.3 cm³/mol. The van der Waals surface area contributed by atoms with Gasteiger partial charge < -0.3 is 10.6 Å². The van der Waals surface area contributed by atoms with Gasteiger partial charge in [-0.15, -0.1) is 0 Å². The Kier molecular flexibility index (Phi) is 2.18. The summed E-state index contributed by atoms with van der Waals surface area (Å²) in [5.74, 6) is 0.104. The molecule has 3 heteroatoms. The third-order valence-electron chi connectivity index (χ3n) is 2.25. The van der Waals surface area contributed by atoms with Crippen LogP contribution >= 0.6 is 0 Å². The molecule has 1 saturated carbocycles. The molecule has 1 amide bonds. The minimum Gasteiger partial charge on any atom is -0.350 e. The number of hydrogen-bond acceptors (Lipinski definition) is 2. The van der Waals surface area contributed by atoms with Crippen molar-refractivity contribution in [2.24, 2.45) is 0 Å². The van der Waals surface area contributed by atoms with E-state index >= 15 is 0 Å². The molecular formula is C8H16N2O. The van der Waals surface area contributed by atoms with Crippen molar-refractivity contribution in [2.75, 3.05) is 7.05 Å². The number of hydrogen-bond donors (Lipinski definition) is 2. The van der Waals surface area contributed by atoms with Gasteiger partial charge in [-0.05, 0) is 33.7 Å². The average Bonchev–Trinajstić information content (AvgIpc) is 2.66. The van der Waals surface area contributed by atoms with Gasteiger partial charge in [-0.3, -0.25) is 4.79 Å². The Balaban J connectivity index is 2.31. The van der Waals surface area contributed by atoms with Crippen LogP contribution in [0.5, 0.6) is 0 Å². The normalized spacial score (nSPS) is 22.5. The lowest BCUT2D eigenvalue weighted by Gasteiger charge is -2.15. The molecule has 0 radical (unpaired) electrons. The van der Waals surface area contributed by atoms with Crippen molar-refractivity contribution in [3.8, 4) is 0 Å². The lowest BCUT2D eigenvalue weighted by Crippen LogP contribution is -2.45. The topological polar surface area (TPSA) is 41.1 Å². The Morgan fingerprint density at radius 3 is 2.45 bits per heavy atom. The van der Waals surface area contributed by atoms with E-state index in [2.05, 4.69) is 17.6 Å². The first-order chi connectivity index (χ1) is 5.07. The molecule has 1 aliphatic rings. The zero-order valence-electron chi connectivity index (χ0n) is 7.40. The summed E-state index contributed by atoms with van der Waals surface area (Å²) in [5.41, 5.74) is 0.113. The van der Waals surface area contributed by atoms with Crippen LogP contribution in [0.1, 0.15) is 26.7 Å². The molecule has 0 aromatic carbocycles. The summed E-state index contributed by atoms with van der Waals surface area (Å²) in [4.78, 5) is 11.3. The Labute approximate surface area is 67.5 Å². The zero-order chi connectivity index (χ0) is 8.48. The lowest BCUT2D eigenvalue weighted by atomic mass is 10.2. The summed E-state index contributed by atoms with van der Waals surface area (Å²) in [5, 5.41) is 5.88. The van der Waals surface area contributed by atoms with Crippen molar-refractivity contribution >= 4 is 5.91 Å². The van der Waals surface area contributed by atoms with Crippen LogP contribution in [0.4, 0.5) is 0 Å². The molecule has 0 saturated heterocycles. The fraction of sp³-hybridized carbons (Fsp3) is 0.875. The SMILES string of the molecule is CNC(C)C(=O)NC1(C)CC1. The largest absolute Gasteiger partial charge is 0.350 e. The van der Waals surface area contributed by atoms with Crippen LogP contribution in [0.25, 0.3) is 0 Å².